The molecule has 0 saturated carbocycles. The molecule has 2 aromatic heterocycles. The molecule has 0 aliphatic heterocycles. The maximum atomic E-state index is 6.45. The molecule has 12 rings (SSSR count). The molecule has 0 spiro atoms. The van der Waals surface area contributed by atoms with Gasteiger partial charge < -0.3 is 13.9 Å². The lowest BCUT2D eigenvalue weighted by atomic mass is 9.95. The number of anilines is 3. The monoisotopic (exact) mass is 752 g/mol. The van der Waals surface area contributed by atoms with Crippen molar-refractivity contribution in [2.45, 2.75) is 0 Å². The SMILES string of the molecule is c1ccc(-c2ccc(N(c3cccc(-n4c5cccc(-c6ccc7ccccc7c6)c5c5c6ccccc6ccc54)c3)c3ccc4c(c3)oc3ccccc34)cc2)cc1. The molecule has 0 aliphatic carbocycles. The summed E-state index contributed by atoms with van der Waals surface area (Å²) in [4.78, 5) is 2.34. The van der Waals surface area contributed by atoms with Gasteiger partial charge in [0.25, 0.3) is 0 Å². The van der Waals surface area contributed by atoms with E-state index in [9.17, 15) is 0 Å². The normalized spacial score (nSPS) is 11.7. The van der Waals surface area contributed by atoms with Crippen molar-refractivity contribution in [2.24, 2.45) is 0 Å². The fraction of sp³-hybridized carbons (Fsp3) is 0. The largest absolute Gasteiger partial charge is 0.456 e. The minimum absolute atomic E-state index is 0.862. The van der Waals surface area contributed by atoms with Crippen molar-refractivity contribution in [2.75, 3.05) is 4.90 Å². The van der Waals surface area contributed by atoms with Crippen LogP contribution >= 0.6 is 0 Å². The van der Waals surface area contributed by atoms with Gasteiger partial charge in [-0.2, -0.15) is 0 Å². The zero-order valence-electron chi connectivity index (χ0n) is 32.1. The highest BCUT2D eigenvalue weighted by Gasteiger charge is 2.21. The van der Waals surface area contributed by atoms with E-state index in [0.717, 1.165) is 44.7 Å². The molecule has 0 radical (unpaired) electrons. The second-order valence-electron chi connectivity index (χ2n) is 15.3. The van der Waals surface area contributed by atoms with Crippen molar-refractivity contribution in [3.05, 3.63) is 218 Å². The summed E-state index contributed by atoms with van der Waals surface area (Å²) in [6.07, 6.45) is 0. The summed E-state index contributed by atoms with van der Waals surface area (Å²) in [7, 11) is 0. The van der Waals surface area contributed by atoms with Gasteiger partial charge >= 0.3 is 0 Å². The van der Waals surface area contributed by atoms with E-state index in [4.69, 9.17) is 4.42 Å². The minimum Gasteiger partial charge on any atom is -0.456 e. The first-order valence-electron chi connectivity index (χ1n) is 20.2. The number of fused-ring (bicyclic) bond motifs is 9. The molecule has 10 aromatic carbocycles. The number of furan rings is 1. The van der Waals surface area contributed by atoms with E-state index in [-0.39, 0.29) is 0 Å². The highest BCUT2D eigenvalue weighted by Crippen LogP contribution is 2.44. The predicted molar refractivity (Wildman–Crippen MR) is 249 cm³/mol. The highest BCUT2D eigenvalue weighted by atomic mass is 16.3. The van der Waals surface area contributed by atoms with Crippen LogP contribution in [-0.2, 0) is 0 Å². The third-order valence-electron chi connectivity index (χ3n) is 11.9. The van der Waals surface area contributed by atoms with Gasteiger partial charge in [-0.15, -0.1) is 0 Å². The van der Waals surface area contributed by atoms with Crippen LogP contribution in [-0.4, -0.2) is 4.57 Å². The summed E-state index contributed by atoms with van der Waals surface area (Å²) >= 11 is 0. The average molecular weight is 753 g/mol. The smallest absolute Gasteiger partial charge is 0.137 e. The van der Waals surface area contributed by atoms with E-state index >= 15 is 0 Å². The Morgan fingerprint density at radius 2 is 0.983 bits per heavy atom. The molecule has 0 unspecified atom stereocenters. The Labute approximate surface area is 341 Å². The highest BCUT2D eigenvalue weighted by molar-refractivity contribution is 6.25. The number of aromatic nitrogens is 1. The maximum absolute atomic E-state index is 6.45. The van der Waals surface area contributed by atoms with Gasteiger partial charge in [-0.25, -0.2) is 0 Å². The lowest BCUT2D eigenvalue weighted by molar-refractivity contribution is 0.669. The number of nitrogens with zero attached hydrogens (tertiary/aromatic N) is 2. The van der Waals surface area contributed by atoms with Gasteiger partial charge in [0.05, 0.1) is 11.0 Å². The lowest BCUT2D eigenvalue weighted by Crippen LogP contribution is -2.10. The number of para-hydroxylation sites is 1. The molecule has 0 N–H and O–H groups in total. The lowest BCUT2D eigenvalue weighted by Gasteiger charge is -2.26. The van der Waals surface area contributed by atoms with E-state index in [1.54, 1.807) is 0 Å². The molecule has 0 bridgehead atoms. The van der Waals surface area contributed by atoms with Crippen LogP contribution in [0.25, 0.3) is 93.2 Å². The van der Waals surface area contributed by atoms with Crippen molar-refractivity contribution in [1.29, 1.82) is 0 Å². The van der Waals surface area contributed by atoms with Crippen molar-refractivity contribution in [3.63, 3.8) is 0 Å². The Balaban J connectivity index is 1.08. The predicted octanol–water partition coefficient (Wildman–Crippen LogP) is 15.8. The zero-order chi connectivity index (χ0) is 38.9. The summed E-state index contributed by atoms with van der Waals surface area (Å²) in [6.45, 7) is 0. The topological polar surface area (TPSA) is 21.3 Å². The van der Waals surface area contributed by atoms with Crippen molar-refractivity contribution >= 4 is 82.4 Å². The Hall–Kier alpha value is -7.88. The molecule has 3 heteroatoms. The molecule has 3 nitrogen and oxygen atoms in total. The first kappa shape index (κ1) is 33.3. The molecule has 276 valence electrons. The number of rotatable bonds is 6. The summed E-state index contributed by atoms with van der Waals surface area (Å²) in [5, 5.41) is 9.70. The Morgan fingerprint density at radius 1 is 0.339 bits per heavy atom. The second-order valence-corrected chi connectivity index (χ2v) is 15.3. The standard InChI is InChI=1S/C56H36N2O/c1-2-12-37(13-3-1)39-26-29-43(30-27-39)57(46-31-32-50-49-20-8-9-23-53(49)59-54(50)36-46)44-17-10-18-45(35-44)58-51-22-11-21-48(42-25-24-38-14-4-5-16-41(38)34-42)56(51)55-47-19-7-6-15-40(47)28-33-52(55)58/h1-36H. The molecule has 12 aromatic rings. The van der Waals surface area contributed by atoms with Gasteiger partial charge in [-0.3, -0.25) is 0 Å². The third kappa shape index (κ3) is 5.44. The quantitative estimate of drug-likeness (QED) is 0.169. The molecule has 0 saturated heterocycles. The summed E-state index contributed by atoms with van der Waals surface area (Å²) in [5.74, 6) is 0. The van der Waals surface area contributed by atoms with E-state index in [1.807, 2.05) is 12.1 Å². The minimum atomic E-state index is 0.862. The summed E-state index contributed by atoms with van der Waals surface area (Å²) in [6, 6.07) is 78.8. The summed E-state index contributed by atoms with van der Waals surface area (Å²) < 4.78 is 8.90. The van der Waals surface area contributed by atoms with Gasteiger partial charge in [0.1, 0.15) is 11.2 Å². The van der Waals surface area contributed by atoms with Crippen molar-refractivity contribution in [1.82, 2.24) is 4.57 Å². The van der Waals surface area contributed by atoms with E-state index < -0.39 is 0 Å². The Bertz CT molecular complexity index is 3560. The molecular weight excluding hydrogens is 717 g/mol. The number of hydrogen-bond donors (Lipinski definition) is 0. The Kier molecular flexibility index (Phi) is 7.54. The number of hydrogen-bond acceptors (Lipinski definition) is 2. The van der Waals surface area contributed by atoms with Gasteiger partial charge in [-0.05, 0) is 111 Å². The van der Waals surface area contributed by atoms with Crippen LogP contribution in [0, 0.1) is 0 Å². The third-order valence-corrected chi connectivity index (χ3v) is 11.9. The van der Waals surface area contributed by atoms with Gasteiger partial charge in [0.2, 0.25) is 0 Å². The fourth-order valence-corrected chi connectivity index (χ4v) is 9.21. The number of benzene rings is 10. The summed E-state index contributed by atoms with van der Waals surface area (Å²) in [5.41, 5.74) is 13.1. The fourth-order valence-electron chi connectivity index (χ4n) is 9.21. The molecule has 0 fully saturated rings. The molecular formula is C56H36N2O. The maximum Gasteiger partial charge on any atom is 0.137 e. The first-order valence-corrected chi connectivity index (χ1v) is 20.2. The van der Waals surface area contributed by atoms with Gasteiger partial charge in [0, 0.05) is 50.4 Å². The van der Waals surface area contributed by atoms with Crippen LogP contribution in [0.4, 0.5) is 17.1 Å². The average Bonchev–Trinajstić information content (AvgIpc) is 3.85. The van der Waals surface area contributed by atoms with Gasteiger partial charge in [-0.1, -0.05) is 146 Å². The molecule has 2 heterocycles. The van der Waals surface area contributed by atoms with Crippen LogP contribution in [0.15, 0.2) is 223 Å². The molecule has 0 atom stereocenters. The van der Waals surface area contributed by atoms with Crippen LogP contribution in [0.5, 0.6) is 0 Å². The van der Waals surface area contributed by atoms with Crippen LogP contribution in [0.2, 0.25) is 0 Å². The molecule has 0 amide bonds. The van der Waals surface area contributed by atoms with Crippen molar-refractivity contribution in [3.8, 4) is 27.9 Å². The van der Waals surface area contributed by atoms with E-state index in [2.05, 4.69) is 216 Å². The van der Waals surface area contributed by atoms with Crippen LogP contribution in [0.3, 0.4) is 0 Å². The van der Waals surface area contributed by atoms with Crippen LogP contribution < -0.4 is 4.90 Å². The second kappa shape index (κ2) is 13.4. The molecule has 0 aliphatic rings. The van der Waals surface area contributed by atoms with Gasteiger partial charge in [0.15, 0.2) is 0 Å². The zero-order valence-corrected chi connectivity index (χ0v) is 32.1. The van der Waals surface area contributed by atoms with Crippen LogP contribution in [0.1, 0.15) is 0 Å². The molecule has 59 heavy (non-hydrogen) atoms. The van der Waals surface area contributed by atoms with Crippen molar-refractivity contribution < 1.29 is 4.42 Å². The van der Waals surface area contributed by atoms with E-state index in [1.165, 1.54) is 65.6 Å². The Morgan fingerprint density at radius 3 is 1.86 bits per heavy atom. The van der Waals surface area contributed by atoms with E-state index in [0.29, 0.717) is 0 Å². The first-order chi connectivity index (χ1) is 29.2.